The number of aliphatic carboxylic acids is 1. The minimum atomic E-state index is -1.40. The van der Waals surface area contributed by atoms with Crippen LogP contribution in [0, 0.1) is 0 Å². The van der Waals surface area contributed by atoms with Crippen molar-refractivity contribution < 1.29 is 43.2 Å². The van der Waals surface area contributed by atoms with Crippen molar-refractivity contribution in [3.63, 3.8) is 0 Å². The highest BCUT2D eigenvalue weighted by atomic mass is 16.7. The number of fused-ring (bicyclic) bond motifs is 3. The van der Waals surface area contributed by atoms with Gasteiger partial charge < -0.3 is 33.7 Å². The number of esters is 1. The van der Waals surface area contributed by atoms with Crippen LogP contribution in [0.3, 0.4) is 0 Å². The van der Waals surface area contributed by atoms with Crippen molar-refractivity contribution in [1.29, 1.82) is 0 Å². The van der Waals surface area contributed by atoms with Crippen LogP contribution in [0.25, 0.3) is 27.9 Å². The van der Waals surface area contributed by atoms with Gasteiger partial charge >= 0.3 is 11.9 Å². The number of hydrogen-bond acceptors (Lipinski definition) is 9. The Labute approximate surface area is 307 Å². The molecule has 6 rings (SSSR count). The third kappa shape index (κ3) is 8.86. The van der Waals surface area contributed by atoms with E-state index in [9.17, 15) is 24.6 Å². The predicted octanol–water partition coefficient (Wildman–Crippen LogP) is 8.33. The van der Waals surface area contributed by atoms with E-state index >= 15 is 0 Å². The molecule has 2 N–H and O–H groups in total. The fourth-order valence-electron chi connectivity index (χ4n) is 6.41. The average molecular weight is 719 g/mol. The summed E-state index contributed by atoms with van der Waals surface area (Å²) in [5, 5.41) is 23.2. The van der Waals surface area contributed by atoms with Gasteiger partial charge in [-0.15, -0.1) is 0 Å². The lowest BCUT2D eigenvalue weighted by Crippen LogP contribution is -2.43. The van der Waals surface area contributed by atoms with Gasteiger partial charge in [-0.05, 0) is 98.8 Å². The molecule has 1 aliphatic heterocycles. The first-order chi connectivity index (χ1) is 25.4. The van der Waals surface area contributed by atoms with E-state index in [1.807, 2.05) is 104 Å². The van der Waals surface area contributed by atoms with Gasteiger partial charge in [0, 0.05) is 18.5 Å². The summed E-state index contributed by atoms with van der Waals surface area (Å²) in [6.45, 7) is 6.86. The number of nitrogens with zero attached hydrogens (tertiary/aromatic N) is 2. The summed E-state index contributed by atoms with van der Waals surface area (Å²) < 4.78 is 22.6. The molecule has 11 heteroatoms. The molecular weight excluding hydrogens is 676 g/mol. The number of aliphatic hydroxyl groups excluding tert-OH is 1. The van der Waals surface area contributed by atoms with Gasteiger partial charge in [-0.25, -0.2) is 9.78 Å². The summed E-state index contributed by atoms with van der Waals surface area (Å²) >= 11 is 0. The van der Waals surface area contributed by atoms with Crippen molar-refractivity contribution in [3.05, 3.63) is 119 Å². The van der Waals surface area contributed by atoms with Gasteiger partial charge in [0.2, 0.25) is 12.7 Å². The highest BCUT2D eigenvalue weighted by Crippen LogP contribution is 2.38. The Kier molecular flexibility index (Phi) is 10.8. The molecule has 2 unspecified atom stereocenters. The number of hydrogen-bond donors (Lipinski definition) is 2. The minimum Gasteiger partial charge on any atom is -0.503 e. The number of aromatic nitrogens is 1. The van der Waals surface area contributed by atoms with Crippen LogP contribution >= 0.6 is 0 Å². The van der Waals surface area contributed by atoms with Gasteiger partial charge in [0.15, 0.2) is 22.8 Å². The maximum absolute atomic E-state index is 14.5. The monoisotopic (exact) mass is 718 g/mol. The second-order valence-electron chi connectivity index (χ2n) is 14.0. The molecule has 1 aromatic heterocycles. The Balaban J connectivity index is 1.38. The van der Waals surface area contributed by atoms with Crippen molar-refractivity contribution >= 4 is 45.8 Å². The van der Waals surface area contributed by atoms with E-state index in [0.717, 1.165) is 27.4 Å². The zero-order chi connectivity index (χ0) is 37.7. The topological polar surface area (TPSA) is 149 Å². The molecule has 0 saturated carbocycles. The molecule has 274 valence electrons. The van der Waals surface area contributed by atoms with Crippen LogP contribution in [0.2, 0.25) is 0 Å². The van der Waals surface area contributed by atoms with E-state index in [0.29, 0.717) is 35.8 Å². The zero-order valence-corrected chi connectivity index (χ0v) is 30.1. The SMILES string of the molecule is CC(C(CCC=Cc1nc2ccccc2o1)c1ccc2c(c1)OCO2)N(Cc1ccc2ccccc2c1)C(=O)C(O)=C(CC(=O)O)C(=O)OC(C)(C)C. The summed E-state index contributed by atoms with van der Waals surface area (Å²) in [6, 6.07) is 26.2. The third-order valence-electron chi connectivity index (χ3n) is 9.00. The van der Waals surface area contributed by atoms with Gasteiger partial charge in [0.1, 0.15) is 11.1 Å². The average Bonchev–Trinajstić information content (AvgIpc) is 3.77. The number of carboxylic acids is 1. The Morgan fingerprint density at radius 1 is 0.925 bits per heavy atom. The lowest BCUT2D eigenvalue weighted by molar-refractivity contribution is -0.152. The molecule has 2 atom stereocenters. The Morgan fingerprint density at radius 3 is 2.42 bits per heavy atom. The summed E-state index contributed by atoms with van der Waals surface area (Å²) in [5.74, 6) is -3.05. The lowest BCUT2D eigenvalue weighted by Gasteiger charge is -2.35. The molecule has 1 aliphatic rings. The van der Waals surface area contributed by atoms with Gasteiger partial charge in [-0.3, -0.25) is 9.59 Å². The Bertz CT molecular complexity index is 2180. The fraction of sp³-hybridized carbons (Fsp3) is 0.286. The Morgan fingerprint density at radius 2 is 1.66 bits per heavy atom. The quantitative estimate of drug-likeness (QED) is 0.0691. The molecule has 0 fully saturated rings. The van der Waals surface area contributed by atoms with Crippen molar-refractivity contribution in [3.8, 4) is 11.5 Å². The number of benzene rings is 4. The summed E-state index contributed by atoms with van der Waals surface area (Å²) in [6.07, 6.45) is 3.96. The molecule has 0 saturated heterocycles. The number of allylic oxidation sites excluding steroid dienone is 1. The zero-order valence-electron chi connectivity index (χ0n) is 30.1. The Hall–Kier alpha value is -6.10. The number of oxazole rings is 1. The van der Waals surface area contributed by atoms with E-state index in [4.69, 9.17) is 18.6 Å². The first-order valence-electron chi connectivity index (χ1n) is 17.4. The molecular formula is C42H42N2O9. The molecule has 0 aliphatic carbocycles. The van der Waals surface area contributed by atoms with Crippen LogP contribution in [0.1, 0.15) is 69.9 Å². The second kappa shape index (κ2) is 15.6. The number of para-hydroxylation sites is 2. The number of ether oxygens (including phenoxy) is 3. The van der Waals surface area contributed by atoms with Crippen molar-refractivity contribution in [2.24, 2.45) is 0 Å². The predicted molar refractivity (Wildman–Crippen MR) is 199 cm³/mol. The van der Waals surface area contributed by atoms with Crippen LogP contribution in [0.5, 0.6) is 11.5 Å². The van der Waals surface area contributed by atoms with Gasteiger partial charge in [-0.1, -0.05) is 60.7 Å². The second-order valence-corrected chi connectivity index (χ2v) is 14.0. The van der Waals surface area contributed by atoms with Crippen molar-refractivity contribution in [2.75, 3.05) is 6.79 Å². The number of carbonyl (C=O) groups is 3. The summed E-state index contributed by atoms with van der Waals surface area (Å²) in [4.78, 5) is 45.6. The van der Waals surface area contributed by atoms with Crippen LogP contribution in [0.4, 0.5) is 0 Å². The highest BCUT2D eigenvalue weighted by Gasteiger charge is 2.35. The van der Waals surface area contributed by atoms with Crippen molar-refractivity contribution in [2.45, 2.75) is 71.1 Å². The van der Waals surface area contributed by atoms with Crippen LogP contribution in [-0.2, 0) is 25.7 Å². The summed E-state index contributed by atoms with van der Waals surface area (Å²) in [7, 11) is 0. The lowest BCUT2D eigenvalue weighted by atomic mass is 9.86. The number of carbonyl (C=O) groups excluding carboxylic acids is 2. The normalized spacial score (nSPS) is 14.3. The molecule has 1 amide bonds. The molecule has 4 aromatic carbocycles. The number of rotatable bonds is 13. The van der Waals surface area contributed by atoms with Gasteiger partial charge in [0.05, 0.1) is 12.0 Å². The molecule has 11 nitrogen and oxygen atoms in total. The van der Waals surface area contributed by atoms with Crippen molar-refractivity contribution in [1.82, 2.24) is 9.88 Å². The largest absolute Gasteiger partial charge is 0.503 e. The molecule has 0 radical (unpaired) electrons. The maximum atomic E-state index is 14.5. The molecule has 0 spiro atoms. The van der Waals surface area contributed by atoms with Crippen LogP contribution < -0.4 is 9.47 Å². The molecule has 2 heterocycles. The first kappa shape index (κ1) is 36.7. The highest BCUT2D eigenvalue weighted by molar-refractivity contribution is 6.03. The molecule has 0 bridgehead atoms. The maximum Gasteiger partial charge on any atom is 0.339 e. The van der Waals surface area contributed by atoms with E-state index in [1.54, 1.807) is 20.8 Å². The first-order valence-corrected chi connectivity index (χ1v) is 17.4. The van der Waals surface area contributed by atoms with Gasteiger partial charge in [-0.2, -0.15) is 0 Å². The summed E-state index contributed by atoms with van der Waals surface area (Å²) in [5.41, 5.74) is 1.43. The standard InChI is InChI=1S/C42H42N2O9/c1-26(31(30-19-20-35-36(22-30)51-25-50-35)13-7-10-16-37-43-33-14-8-9-15-34(33)52-37)44(24-27-17-18-28-11-5-6-12-29(28)21-27)40(48)39(47)32(23-38(45)46)41(49)53-42(2,3)4/h5-6,8-12,14-22,26,31,47H,7,13,23-25H2,1-4H3,(H,45,46). The smallest absolute Gasteiger partial charge is 0.339 e. The molecule has 5 aromatic rings. The van der Waals surface area contributed by atoms with E-state index in [1.165, 1.54) is 4.90 Å². The molecule has 53 heavy (non-hydrogen) atoms. The minimum absolute atomic E-state index is 0.0450. The number of amides is 1. The van der Waals surface area contributed by atoms with E-state index in [2.05, 4.69) is 4.98 Å². The number of carboxylic acid groups (broad SMARTS) is 1. The van der Waals surface area contributed by atoms with E-state index < -0.39 is 47.2 Å². The fourth-order valence-corrected chi connectivity index (χ4v) is 6.41. The number of aliphatic hydroxyl groups is 1. The van der Waals surface area contributed by atoms with Gasteiger partial charge in [0.25, 0.3) is 5.91 Å². The van der Waals surface area contributed by atoms with Crippen LogP contribution in [-0.4, -0.2) is 56.4 Å². The third-order valence-corrected chi connectivity index (χ3v) is 9.00. The van der Waals surface area contributed by atoms with E-state index in [-0.39, 0.29) is 19.3 Å². The van der Waals surface area contributed by atoms with Crippen LogP contribution in [0.15, 0.2) is 107 Å².